The van der Waals surface area contributed by atoms with Crippen molar-refractivity contribution in [1.29, 1.82) is 0 Å². The third-order valence-electron chi connectivity index (χ3n) is 2.89. The summed E-state index contributed by atoms with van der Waals surface area (Å²) in [5, 5.41) is 14.1. The Hall–Kier alpha value is -3.10. The Kier molecular flexibility index (Phi) is 3.60. The highest BCUT2D eigenvalue weighted by Crippen LogP contribution is 2.37. The monoisotopic (exact) mass is 304 g/mol. The van der Waals surface area contributed by atoms with Crippen LogP contribution in [0.1, 0.15) is 6.92 Å². The second-order valence-corrected chi connectivity index (χ2v) is 4.26. The second kappa shape index (κ2) is 5.72. The Labute approximate surface area is 125 Å². The Morgan fingerprint density at radius 1 is 1.36 bits per heavy atom. The quantitative estimate of drug-likeness (QED) is 0.661. The van der Waals surface area contributed by atoms with Gasteiger partial charge in [0.05, 0.1) is 11.5 Å². The molecule has 0 unspecified atom stereocenters. The number of rotatable bonds is 5. The van der Waals surface area contributed by atoms with E-state index in [1.807, 2.05) is 0 Å². The fourth-order valence-electron chi connectivity index (χ4n) is 1.97. The van der Waals surface area contributed by atoms with Gasteiger partial charge < -0.3 is 19.5 Å². The summed E-state index contributed by atoms with van der Waals surface area (Å²) in [5.41, 5.74) is 0.260. The molecule has 0 spiro atoms. The van der Waals surface area contributed by atoms with Crippen molar-refractivity contribution >= 4 is 17.2 Å². The van der Waals surface area contributed by atoms with E-state index in [4.69, 9.17) is 14.2 Å². The van der Waals surface area contributed by atoms with Crippen molar-refractivity contribution in [2.45, 2.75) is 6.92 Å². The molecule has 0 saturated carbocycles. The molecule has 1 aliphatic rings. The average molecular weight is 304 g/mol. The van der Waals surface area contributed by atoms with Gasteiger partial charge >= 0.3 is 5.69 Å². The molecule has 2 aromatic rings. The van der Waals surface area contributed by atoms with Gasteiger partial charge in [0.2, 0.25) is 12.6 Å². The molecule has 0 fully saturated rings. The molecule has 1 N–H and O–H groups in total. The molecule has 2 heterocycles. The van der Waals surface area contributed by atoms with Gasteiger partial charge in [0, 0.05) is 11.8 Å². The normalized spacial score (nSPS) is 12.0. The number of ether oxygens (including phenoxy) is 3. The van der Waals surface area contributed by atoms with Crippen LogP contribution in [0.2, 0.25) is 0 Å². The molecule has 22 heavy (non-hydrogen) atoms. The molecule has 0 bridgehead atoms. The van der Waals surface area contributed by atoms with Gasteiger partial charge in [-0.3, -0.25) is 10.1 Å². The lowest BCUT2D eigenvalue weighted by molar-refractivity contribution is -0.385. The molecule has 9 heteroatoms. The smallest absolute Gasteiger partial charge is 0.373 e. The molecule has 1 aromatic heterocycles. The lowest BCUT2D eigenvalue weighted by atomic mass is 10.2. The van der Waals surface area contributed by atoms with Crippen molar-refractivity contribution < 1.29 is 19.1 Å². The largest absolute Gasteiger partial charge is 0.473 e. The fraction of sp³-hybridized carbons (Fsp3) is 0.231. The van der Waals surface area contributed by atoms with Crippen molar-refractivity contribution in [2.75, 3.05) is 18.7 Å². The first-order valence-electron chi connectivity index (χ1n) is 6.48. The van der Waals surface area contributed by atoms with Gasteiger partial charge in [0.15, 0.2) is 11.5 Å². The van der Waals surface area contributed by atoms with E-state index in [-0.39, 0.29) is 30.8 Å². The minimum Gasteiger partial charge on any atom is -0.473 e. The molecule has 114 valence electrons. The average Bonchev–Trinajstić information content (AvgIpc) is 2.95. The van der Waals surface area contributed by atoms with Crippen molar-refractivity contribution in [2.24, 2.45) is 0 Å². The van der Waals surface area contributed by atoms with Crippen LogP contribution in [0.3, 0.4) is 0 Å². The standard InChI is InChI=1S/C13H12N4O5/c1-2-20-13-11(17(18)19)12(14-6-15-13)16-8-3-4-9-10(5-8)22-7-21-9/h3-6H,2,7H2,1H3,(H,14,15,16). The minimum atomic E-state index is -0.583. The molecule has 1 aliphatic heterocycles. The number of hydrogen-bond donors (Lipinski definition) is 1. The van der Waals surface area contributed by atoms with Gasteiger partial charge in [0.1, 0.15) is 6.33 Å². The summed E-state index contributed by atoms with van der Waals surface area (Å²) in [5.74, 6) is 1.15. The molecule has 0 saturated heterocycles. The fourth-order valence-corrected chi connectivity index (χ4v) is 1.97. The summed E-state index contributed by atoms with van der Waals surface area (Å²) >= 11 is 0. The van der Waals surface area contributed by atoms with Crippen LogP contribution in [0, 0.1) is 10.1 Å². The number of nitro groups is 1. The number of benzene rings is 1. The summed E-state index contributed by atoms with van der Waals surface area (Å²) in [6.45, 7) is 2.14. The molecule has 3 rings (SSSR count). The third-order valence-corrected chi connectivity index (χ3v) is 2.89. The van der Waals surface area contributed by atoms with E-state index in [1.165, 1.54) is 6.33 Å². The highest BCUT2D eigenvalue weighted by Gasteiger charge is 2.25. The number of nitrogens with zero attached hydrogens (tertiary/aromatic N) is 3. The molecule has 9 nitrogen and oxygen atoms in total. The van der Waals surface area contributed by atoms with Crippen LogP contribution in [0.4, 0.5) is 17.2 Å². The zero-order valence-electron chi connectivity index (χ0n) is 11.6. The van der Waals surface area contributed by atoms with Crippen LogP contribution in [0.25, 0.3) is 0 Å². The predicted molar refractivity (Wildman–Crippen MR) is 75.7 cm³/mol. The van der Waals surface area contributed by atoms with E-state index in [0.717, 1.165) is 0 Å². The van der Waals surface area contributed by atoms with Crippen molar-refractivity contribution in [1.82, 2.24) is 9.97 Å². The Bertz CT molecular complexity index is 722. The van der Waals surface area contributed by atoms with Gasteiger partial charge in [-0.15, -0.1) is 0 Å². The van der Waals surface area contributed by atoms with E-state index in [9.17, 15) is 10.1 Å². The van der Waals surface area contributed by atoms with Gasteiger partial charge in [-0.1, -0.05) is 0 Å². The maximum Gasteiger partial charge on any atom is 0.373 e. The van der Waals surface area contributed by atoms with Crippen LogP contribution in [-0.2, 0) is 0 Å². The number of anilines is 2. The molecule has 0 aliphatic carbocycles. The summed E-state index contributed by atoms with van der Waals surface area (Å²) in [7, 11) is 0. The van der Waals surface area contributed by atoms with Gasteiger partial charge in [0.25, 0.3) is 5.88 Å². The van der Waals surface area contributed by atoms with Gasteiger partial charge in [-0.05, 0) is 19.1 Å². The summed E-state index contributed by atoms with van der Waals surface area (Å²) in [6, 6.07) is 5.09. The third kappa shape index (κ3) is 2.55. The minimum absolute atomic E-state index is 0.0438. The SMILES string of the molecule is CCOc1ncnc(Nc2ccc3c(c2)OCO3)c1[N+](=O)[O-]. The Morgan fingerprint density at radius 2 is 2.18 bits per heavy atom. The van der Waals surface area contributed by atoms with Gasteiger partial charge in [-0.2, -0.15) is 4.98 Å². The molecule has 0 radical (unpaired) electrons. The number of fused-ring (bicyclic) bond motifs is 1. The number of nitrogens with one attached hydrogen (secondary N) is 1. The molecular formula is C13H12N4O5. The maximum absolute atomic E-state index is 11.3. The molecular weight excluding hydrogens is 292 g/mol. The zero-order valence-corrected chi connectivity index (χ0v) is 11.6. The first-order chi connectivity index (χ1) is 10.7. The Balaban J connectivity index is 1.94. The number of hydrogen-bond acceptors (Lipinski definition) is 8. The van der Waals surface area contributed by atoms with E-state index in [0.29, 0.717) is 17.2 Å². The zero-order chi connectivity index (χ0) is 15.5. The highest BCUT2D eigenvalue weighted by molar-refractivity contribution is 5.70. The van der Waals surface area contributed by atoms with E-state index in [2.05, 4.69) is 15.3 Å². The lowest BCUT2D eigenvalue weighted by Gasteiger charge is -2.09. The van der Waals surface area contributed by atoms with Crippen LogP contribution in [-0.4, -0.2) is 28.3 Å². The van der Waals surface area contributed by atoms with Crippen LogP contribution in [0.5, 0.6) is 17.4 Å². The van der Waals surface area contributed by atoms with E-state index in [1.54, 1.807) is 25.1 Å². The first kappa shape index (κ1) is 13.9. The maximum atomic E-state index is 11.3. The molecule has 0 atom stereocenters. The van der Waals surface area contributed by atoms with Crippen molar-refractivity contribution in [3.8, 4) is 17.4 Å². The summed E-state index contributed by atoms with van der Waals surface area (Å²) in [6.07, 6.45) is 1.20. The molecule has 0 amide bonds. The topological polar surface area (TPSA) is 109 Å². The van der Waals surface area contributed by atoms with Crippen LogP contribution >= 0.6 is 0 Å². The Morgan fingerprint density at radius 3 is 2.95 bits per heavy atom. The summed E-state index contributed by atoms with van der Waals surface area (Å²) in [4.78, 5) is 18.4. The lowest BCUT2D eigenvalue weighted by Crippen LogP contribution is -2.05. The van der Waals surface area contributed by atoms with Crippen LogP contribution < -0.4 is 19.5 Å². The highest BCUT2D eigenvalue weighted by atomic mass is 16.7. The van der Waals surface area contributed by atoms with Gasteiger partial charge in [-0.25, -0.2) is 4.98 Å². The van der Waals surface area contributed by atoms with E-state index < -0.39 is 4.92 Å². The first-order valence-corrected chi connectivity index (χ1v) is 6.48. The van der Waals surface area contributed by atoms with Crippen molar-refractivity contribution in [3.63, 3.8) is 0 Å². The van der Waals surface area contributed by atoms with Crippen molar-refractivity contribution in [3.05, 3.63) is 34.6 Å². The number of aromatic nitrogens is 2. The second-order valence-electron chi connectivity index (χ2n) is 4.26. The predicted octanol–water partition coefficient (Wildman–Crippen LogP) is 2.26. The van der Waals surface area contributed by atoms with E-state index >= 15 is 0 Å². The van der Waals surface area contributed by atoms with Crippen LogP contribution in [0.15, 0.2) is 24.5 Å². The summed E-state index contributed by atoms with van der Waals surface area (Å²) < 4.78 is 15.6. The molecule has 1 aromatic carbocycles.